The average Bonchev–Trinajstić information content (AvgIpc) is 3.74. The van der Waals surface area contributed by atoms with Gasteiger partial charge in [0, 0.05) is 35.6 Å². The minimum Gasteiger partial charge on any atom is -0.497 e. The van der Waals surface area contributed by atoms with Crippen LogP contribution in [0.2, 0.25) is 0 Å². The van der Waals surface area contributed by atoms with E-state index in [2.05, 4.69) is 4.98 Å². The number of fused-ring (bicyclic) bond motifs is 1. The number of aryl methyl sites for hydroxylation is 1. The van der Waals surface area contributed by atoms with E-state index in [-0.39, 0.29) is 41.8 Å². The molecule has 13 nitrogen and oxygen atoms in total. The Kier molecular flexibility index (Phi) is 10.5. The number of hydrogen-bond acceptors (Lipinski definition) is 10. The number of benzene rings is 3. The minimum absolute atomic E-state index is 0.0177. The summed E-state index contributed by atoms with van der Waals surface area (Å²) in [6.07, 6.45) is 3.96. The van der Waals surface area contributed by atoms with Gasteiger partial charge >= 0.3 is 5.97 Å². The van der Waals surface area contributed by atoms with Crippen molar-refractivity contribution in [2.24, 2.45) is 0 Å². The molecule has 1 aliphatic rings. The van der Waals surface area contributed by atoms with Crippen LogP contribution >= 0.6 is 0 Å². The summed E-state index contributed by atoms with van der Waals surface area (Å²) in [6, 6.07) is 14.4. The molecule has 0 saturated carbocycles. The molecule has 2 heterocycles. The standard InChI is InChI=1S/C35H37N3O10S/c1-6-23(3)34-36-18-26(14-25(35(40)41)13-24-15-32-33(48-21-47-32)17-30(24)45-5)38(34)29-12-9-27(44-4)16-31(29)46-20-37(19-39)49(42,43)28-10-7-22(2)8-11-28/h7-12,14-19,23H,6,13,20-21H2,1-5H3,(H,40,41). The number of aliphatic carboxylic acids is 1. The highest BCUT2D eigenvalue weighted by Gasteiger charge is 2.26. The Morgan fingerprint density at radius 1 is 1.06 bits per heavy atom. The number of ether oxygens (including phenoxy) is 5. The molecule has 5 rings (SSSR count). The highest BCUT2D eigenvalue weighted by molar-refractivity contribution is 7.89. The van der Waals surface area contributed by atoms with E-state index in [9.17, 15) is 23.1 Å². The molecule has 0 radical (unpaired) electrons. The van der Waals surface area contributed by atoms with Crippen molar-refractivity contribution in [3.8, 4) is 34.4 Å². The van der Waals surface area contributed by atoms with E-state index in [1.807, 2.05) is 20.8 Å². The second-order valence-corrected chi connectivity index (χ2v) is 13.2. The van der Waals surface area contributed by atoms with E-state index in [0.717, 1.165) is 5.56 Å². The lowest BCUT2D eigenvalue weighted by Crippen LogP contribution is -2.33. The van der Waals surface area contributed by atoms with E-state index in [1.54, 1.807) is 53.2 Å². The second kappa shape index (κ2) is 14.7. The van der Waals surface area contributed by atoms with Crippen molar-refractivity contribution in [3.63, 3.8) is 0 Å². The quantitative estimate of drug-likeness (QED) is 0.0976. The first-order valence-corrected chi connectivity index (χ1v) is 16.8. The fourth-order valence-electron chi connectivity index (χ4n) is 5.20. The summed E-state index contributed by atoms with van der Waals surface area (Å²) in [7, 11) is -1.27. The van der Waals surface area contributed by atoms with Crippen molar-refractivity contribution in [1.29, 1.82) is 0 Å². The molecule has 0 fully saturated rings. The number of aromatic nitrogens is 2. The molecule has 1 aliphatic heterocycles. The SMILES string of the molecule is CCC(C)c1ncc(C=C(Cc2cc3c(cc2OC)OCO3)C(=O)O)n1-c1ccc(OC)cc1OCN(C=O)S(=O)(=O)c1ccc(C)cc1. The van der Waals surface area contributed by atoms with Gasteiger partial charge in [0.25, 0.3) is 10.0 Å². The molecule has 1 amide bonds. The van der Waals surface area contributed by atoms with Crippen molar-refractivity contribution in [2.45, 2.75) is 44.4 Å². The monoisotopic (exact) mass is 691 g/mol. The third-order valence-corrected chi connectivity index (χ3v) is 9.80. The first kappa shape index (κ1) is 34.8. The molecule has 1 atom stereocenters. The highest BCUT2D eigenvalue weighted by atomic mass is 32.2. The van der Waals surface area contributed by atoms with Crippen LogP contribution in [0.4, 0.5) is 0 Å². The number of carbonyl (C=O) groups excluding carboxylic acids is 1. The van der Waals surface area contributed by atoms with Crippen LogP contribution in [0.1, 0.15) is 48.8 Å². The predicted octanol–water partition coefficient (Wildman–Crippen LogP) is 5.33. The fourth-order valence-corrected chi connectivity index (χ4v) is 6.25. The number of carboxylic acids is 1. The number of nitrogens with zero attached hydrogens (tertiary/aromatic N) is 3. The third-order valence-electron chi connectivity index (χ3n) is 8.12. The Balaban J connectivity index is 1.57. The van der Waals surface area contributed by atoms with Gasteiger partial charge in [0.05, 0.1) is 36.7 Å². The lowest BCUT2D eigenvalue weighted by atomic mass is 10.0. The van der Waals surface area contributed by atoms with E-state index in [4.69, 9.17) is 23.7 Å². The Bertz CT molecular complexity index is 1990. The number of carbonyl (C=O) groups is 2. The maximum absolute atomic E-state index is 13.3. The van der Waals surface area contributed by atoms with Gasteiger partial charge in [-0.3, -0.25) is 9.36 Å². The number of hydrogen-bond donors (Lipinski definition) is 1. The Morgan fingerprint density at radius 2 is 1.78 bits per heavy atom. The average molecular weight is 692 g/mol. The molecule has 1 N–H and O–H groups in total. The van der Waals surface area contributed by atoms with Crippen LogP contribution in [-0.4, -0.2) is 67.5 Å². The number of carboxylic acid groups (broad SMARTS) is 1. The van der Waals surface area contributed by atoms with Gasteiger partial charge in [-0.15, -0.1) is 0 Å². The van der Waals surface area contributed by atoms with Crippen molar-refractivity contribution in [2.75, 3.05) is 27.7 Å². The van der Waals surface area contributed by atoms with Crippen LogP contribution in [0, 0.1) is 6.92 Å². The van der Waals surface area contributed by atoms with Gasteiger partial charge in [-0.05, 0) is 49.8 Å². The maximum atomic E-state index is 13.3. The van der Waals surface area contributed by atoms with Gasteiger partial charge in [0.1, 0.15) is 23.1 Å². The van der Waals surface area contributed by atoms with Gasteiger partial charge in [0.15, 0.2) is 18.2 Å². The largest absolute Gasteiger partial charge is 0.497 e. The van der Waals surface area contributed by atoms with Crippen molar-refractivity contribution in [1.82, 2.24) is 13.9 Å². The van der Waals surface area contributed by atoms with Crippen LogP contribution in [0.15, 0.2) is 71.3 Å². The Hall–Kier alpha value is -5.50. The number of amides is 1. The molecule has 0 bridgehead atoms. The third kappa shape index (κ3) is 7.33. The normalized spacial score (nSPS) is 13.1. The summed E-state index contributed by atoms with van der Waals surface area (Å²) in [5, 5.41) is 10.3. The van der Waals surface area contributed by atoms with Crippen LogP contribution in [0.5, 0.6) is 28.7 Å². The summed E-state index contributed by atoms with van der Waals surface area (Å²) >= 11 is 0. The fraction of sp³-hybridized carbons (Fsp3) is 0.286. The van der Waals surface area contributed by atoms with Gasteiger partial charge in [-0.1, -0.05) is 31.5 Å². The Labute approximate surface area is 284 Å². The molecule has 0 spiro atoms. The van der Waals surface area contributed by atoms with E-state index >= 15 is 0 Å². The van der Waals surface area contributed by atoms with E-state index < -0.39 is 22.7 Å². The zero-order chi connectivity index (χ0) is 35.3. The first-order chi connectivity index (χ1) is 23.5. The molecule has 14 heteroatoms. The summed E-state index contributed by atoms with van der Waals surface area (Å²) in [5.41, 5.74) is 2.30. The second-order valence-electron chi connectivity index (χ2n) is 11.3. The zero-order valence-electron chi connectivity index (χ0n) is 27.7. The smallest absolute Gasteiger partial charge is 0.331 e. The number of methoxy groups -OCH3 is 2. The minimum atomic E-state index is -4.23. The lowest BCUT2D eigenvalue weighted by molar-refractivity contribution is -0.132. The Morgan fingerprint density at radius 3 is 2.41 bits per heavy atom. The van der Waals surface area contributed by atoms with Crippen molar-refractivity contribution in [3.05, 3.63) is 89.0 Å². The molecule has 0 saturated heterocycles. The number of sulfonamides is 1. The molecule has 3 aromatic carbocycles. The zero-order valence-corrected chi connectivity index (χ0v) is 28.5. The number of rotatable bonds is 15. The molecule has 4 aromatic rings. The molecule has 49 heavy (non-hydrogen) atoms. The van der Waals surface area contributed by atoms with E-state index in [0.29, 0.717) is 56.5 Å². The van der Waals surface area contributed by atoms with Crippen LogP contribution < -0.4 is 23.7 Å². The topological polar surface area (TPSA) is 156 Å². The lowest BCUT2D eigenvalue weighted by Gasteiger charge is -2.22. The molecule has 1 aromatic heterocycles. The molecule has 1 unspecified atom stereocenters. The van der Waals surface area contributed by atoms with Gasteiger partial charge in [-0.2, -0.15) is 0 Å². The van der Waals surface area contributed by atoms with Crippen molar-refractivity contribution < 1.29 is 46.8 Å². The molecular weight excluding hydrogens is 654 g/mol. The molecule has 258 valence electrons. The van der Waals surface area contributed by atoms with Crippen LogP contribution in [0.25, 0.3) is 11.8 Å². The first-order valence-electron chi connectivity index (χ1n) is 15.3. The number of imidazole rings is 1. The van der Waals surface area contributed by atoms with Gasteiger partial charge in [-0.25, -0.2) is 22.5 Å². The molecule has 0 aliphatic carbocycles. The summed E-state index contributed by atoms with van der Waals surface area (Å²) < 4.78 is 56.8. The van der Waals surface area contributed by atoms with Crippen molar-refractivity contribution >= 4 is 28.5 Å². The summed E-state index contributed by atoms with van der Waals surface area (Å²) in [5.74, 6) is 1.37. The summed E-state index contributed by atoms with van der Waals surface area (Å²) in [4.78, 5) is 29.3. The van der Waals surface area contributed by atoms with Crippen LogP contribution in [0.3, 0.4) is 0 Å². The van der Waals surface area contributed by atoms with E-state index in [1.165, 1.54) is 32.4 Å². The maximum Gasteiger partial charge on any atom is 0.331 e. The highest BCUT2D eigenvalue weighted by Crippen LogP contribution is 2.39. The van der Waals surface area contributed by atoms with Gasteiger partial charge in [0.2, 0.25) is 13.2 Å². The predicted molar refractivity (Wildman–Crippen MR) is 179 cm³/mol. The van der Waals surface area contributed by atoms with Crippen LogP contribution in [-0.2, 0) is 26.0 Å². The van der Waals surface area contributed by atoms with Gasteiger partial charge < -0.3 is 28.8 Å². The summed E-state index contributed by atoms with van der Waals surface area (Å²) in [6.45, 7) is 5.20. The molecular formula is C35H37N3O10S.